The number of hydrogen-bond donors (Lipinski definition) is 1. The Morgan fingerprint density at radius 3 is 3.07 bits per heavy atom. The number of nitrogens with two attached hydrogens (primary N) is 1. The Morgan fingerprint density at radius 1 is 1.64 bits per heavy atom. The van der Waals surface area contributed by atoms with Crippen LogP contribution in [0.2, 0.25) is 0 Å². The number of ether oxygens (including phenoxy) is 1. The maximum absolute atomic E-state index is 11.5. The second-order valence-corrected chi connectivity index (χ2v) is 3.69. The summed E-state index contributed by atoms with van der Waals surface area (Å²) in [6, 6.07) is 0.250. The van der Waals surface area contributed by atoms with Crippen LogP contribution in [-0.2, 0) is 9.53 Å². The molecule has 1 aliphatic heterocycles. The van der Waals surface area contributed by atoms with Gasteiger partial charge in [-0.05, 0) is 25.8 Å². The summed E-state index contributed by atoms with van der Waals surface area (Å²) in [4.78, 5) is 13.5. The maximum Gasteiger partial charge on any atom is 0.248 e. The van der Waals surface area contributed by atoms with Crippen LogP contribution in [0, 0.1) is 0 Å². The minimum absolute atomic E-state index is 0.125. The van der Waals surface area contributed by atoms with Crippen molar-refractivity contribution in [2.45, 2.75) is 32.2 Å². The van der Waals surface area contributed by atoms with Gasteiger partial charge in [-0.25, -0.2) is 0 Å². The first-order valence-electron chi connectivity index (χ1n) is 5.36. The molecule has 0 radical (unpaired) electrons. The SMILES string of the molecule is CCCN1C(=O)COCC1CCCN. The third-order valence-corrected chi connectivity index (χ3v) is 2.50. The van der Waals surface area contributed by atoms with Crippen LogP contribution in [0.5, 0.6) is 0 Å². The average Bonchev–Trinajstić information content (AvgIpc) is 2.19. The van der Waals surface area contributed by atoms with Crippen molar-refractivity contribution >= 4 is 5.91 Å². The van der Waals surface area contributed by atoms with E-state index in [2.05, 4.69) is 6.92 Å². The predicted molar refractivity (Wildman–Crippen MR) is 54.9 cm³/mol. The molecule has 1 rings (SSSR count). The van der Waals surface area contributed by atoms with E-state index in [-0.39, 0.29) is 18.6 Å². The molecule has 1 amide bonds. The molecule has 0 aromatic rings. The summed E-state index contributed by atoms with van der Waals surface area (Å²) in [6.07, 6.45) is 2.93. The van der Waals surface area contributed by atoms with Crippen molar-refractivity contribution in [2.24, 2.45) is 5.73 Å². The van der Waals surface area contributed by atoms with E-state index in [1.807, 2.05) is 4.90 Å². The van der Waals surface area contributed by atoms with Crippen LogP contribution in [0.15, 0.2) is 0 Å². The smallest absolute Gasteiger partial charge is 0.248 e. The van der Waals surface area contributed by atoms with E-state index in [4.69, 9.17) is 10.5 Å². The fraction of sp³-hybridized carbons (Fsp3) is 0.900. The Morgan fingerprint density at radius 2 is 2.43 bits per heavy atom. The molecule has 1 heterocycles. The van der Waals surface area contributed by atoms with Crippen molar-refractivity contribution in [1.82, 2.24) is 4.90 Å². The number of morpholine rings is 1. The Labute approximate surface area is 85.4 Å². The molecule has 1 unspecified atom stereocenters. The van der Waals surface area contributed by atoms with Gasteiger partial charge in [0.05, 0.1) is 12.6 Å². The van der Waals surface area contributed by atoms with Crippen molar-refractivity contribution in [2.75, 3.05) is 26.3 Å². The van der Waals surface area contributed by atoms with E-state index < -0.39 is 0 Å². The fourth-order valence-corrected chi connectivity index (χ4v) is 1.80. The first-order chi connectivity index (χ1) is 6.79. The lowest BCUT2D eigenvalue weighted by atomic mass is 10.1. The van der Waals surface area contributed by atoms with Gasteiger partial charge in [-0.15, -0.1) is 0 Å². The zero-order chi connectivity index (χ0) is 10.4. The second-order valence-electron chi connectivity index (χ2n) is 3.69. The van der Waals surface area contributed by atoms with E-state index in [1.165, 1.54) is 0 Å². The monoisotopic (exact) mass is 200 g/mol. The molecule has 0 aromatic heterocycles. The molecule has 1 fully saturated rings. The van der Waals surface area contributed by atoms with Crippen LogP contribution >= 0.6 is 0 Å². The fourth-order valence-electron chi connectivity index (χ4n) is 1.80. The second kappa shape index (κ2) is 5.98. The van der Waals surface area contributed by atoms with Crippen LogP contribution in [0.3, 0.4) is 0 Å². The quantitative estimate of drug-likeness (QED) is 0.697. The van der Waals surface area contributed by atoms with Gasteiger partial charge >= 0.3 is 0 Å². The van der Waals surface area contributed by atoms with Crippen LogP contribution in [0.1, 0.15) is 26.2 Å². The Bertz CT molecular complexity index is 185. The summed E-state index contributed by atoms with van der Waals surface area (Å²) in [7, 11) is 0. The molecule has 2 N–H and O–H groups in total. The van der Waals surface area contributed by atoms with E-state index in [9.17, 15) is 4.79 Å². The van der Waals surface area contributed by atoms with Gasteiger partial charge in [0.15, 0.2) is 0 Å². The average molecular weight is 200 g/mol. The minimum atomic E-state index is 0.125. The van der Waals surface area contributed by atoms with Crippen molar-refractivity contribution in [3.05, 3.63) is 0 Å². The van der Waals surface area contributed by atoms with Gasteiger partial charge in [-0.2, -0.15) is 0 Å². The van der Waals surface area contributed by atoms with Crippen LogP contribution < -0.4 is 5.73 Å². The third-order valence-electron chi connectivity index (χ3n) is 2.50. The molecule has 14 heavy (non-hydrogen) atoms. The van der Waals surface area contributed by atoms with Gasteiger partial charge in [0.2, 0.25) is 5.91 Å². The van der Waals surface area contributed by atoms with Crippen LogP contribution in [0.4, 0.5) is 0 Å². The topological polar surface area (TPSA) is 55.6 Å². The molecule has 1 aliphatic rings. The molecule has 4 heteroatoms. The van der Waals surface area contributed by atoms with E-state index in [0.29, 0.717) is 13.2 Å². The highest BCUT2D eigenvalue weighted by atomic mass is 16.5. The number of hydrogen-bond acceptors (Lipinski definition) is 3. The van der Waals surface area contributed by atoms with Crippen LogP contribution in [0.25, 0.3) is 0 Å². The third kappa shape index (κ3) is 2.96. The normalized spacial score (nSPS) is 22.9. The predicted octanol–water partition coefficient (Wildman–Crippen LogP) is 0.363. The lowest BCUT2D eigenvalue weighted by Crippen LogP contribution is -2.49. The molecule has 1 saturated heterocycles. The molecular formula is C10H20N2O2. The molecule has 1 atom stereocenters. The van der Waals surface area contributed by atoms with Crippen LogP contribution in [-0.4, -0.2) is 43.2 Å². The number of carbonyl (C=O) groups excluding carboxylic acids is 1. The summed E-state index contributed by atoms with van der Waals surface area (Å²) in [5, 5.41) is 0. The largest absolute Gasteiger partial charge is 0.369 e. The molecule has 0 bridgehead atoms. The highest BCUT2D eigenvalue weighted by Gasteiger charge is 2.27. The number of rotatable bonds is 5. The van der Waals surface area contributed by atoms with Gasteiger partial charge in [0.1, 0.15) is 6.61 Å². The summed E-state index contributed by atoms with van der Waals surface area (Å²) in [5.41, 5.74) is 5.46. The first kappa shape index (κ1) is 11.5. The van der Waals surface area contributed by atoms with E-state index >= 15 is 0 Å². The molecule has 0 aromatic carbocycles. The Kier molecular flexibility index (Phi) is 4.90. The van der Waals surface area contributed by atoms with Gasteiger partial charge in [0.25, 0.3) is 0 Å². The molecule has 0 spiro atoms. The summed E-state index contributed by atoms with van der Waals surface area (Å²) >= 11 is 0. The summed E-state index contributed by atoms with van der Waals surface area (Å²) in [5.74, 6) is 0.125. The lowest BCUT2D eigenvalue weighted by molar-refractivity contribution is -0.148. The van der Waals surface area contributed by atoms with Crippen molar-refractivity contribution < 1.29 is 9.53 Å². The number of carbonyl (C=O) groups is 1. The molecule has 0 saturated carbocycles. The zero-order valence-electron chi connectivity index (χ0n) is 8.87. The maximum atomic E-state index is 11.5. The van der Waals surface area contributed by atoms with Crippen molar-refractivity contribution in [3.8, 4) is 0 Å². The standard InChI is InChI=1S/C10H20N2O2/c1-2-6-12-9(4-3-5-11)7-14-8-10(12)13/h9H,2-8,11H2,1H3. The Balaban J connectivity index is 2.46. The summed E-state index contributed by atoms with van der Waals surface area (Å²) < 4.78 is 5.24. The van der Waals surface area contributed by atoms with Gasteiger partial charge < -0.3 is 15.4 Å². The van der Waals surface area contributed by atoms with Gasteiger partial charge in [-0.3, -0.25) is 4.79 Å². The van der Waals surface area contributed by atoms with E-state index in [1.54, 1.807) is 0 Å². The molecule has 82 valence electrons. The highest BCUT2D eigenvalue weighted by molar-refractivity contribution is 5.78. The zero-order valence-corrected chi connectivity index (χ0v) is 8.87. The minimum Gasteiger partial charge on any atom is -0.369 e. The number of amides is 1. The highest BCUT2D eigenvalue weighted by Crippen LogP contribution is 2.13. The van der Waals surface area contributed by atoms with Crippen molar-refractivity contribution in [1.29, 1.82) is 0 Å². The lowest BCUT2D eigenvalue weighted by Gasteiger charge is -2.35. The molecule has 4 nitrogen and oxygen atoms in total. The van der Waals surface area contributed by atoms with Gasteiger partial charge in [-0.1, -0.05) is 6.92 Å². The number of nitrogens with zero attached hydrogens (tertiary/aromatic N) is 1. The Hall–Kier alpha value is -0.610. The summed E-state index contributed by atoms with van der Waals surface area (Å²) in [6.45, 7) is 4.54. The molecule has 0 aliphatic carbocycles. The first-order valence-corrected chi connectivity index (χ1v) is 5.36. The van der Waals surface area contributed by atoms with Gasteiger partial charge in [0, 0.05) is 6.54 Å². The van der Waals surface area contributed by atoms with E-state index in [0.717, 1.165) is 25.8 Å². The van der Waals surface area contributed by atoms with Crippen molar-refractivity contribution in [3.63, 3.8) is 0 Å². The molecular weight excluding hydrogens is 180 g/mol.